The number of halogens is 1. The molecule has 7 nitrogen and oxygen atoms in total. The number of carbonyl (C=O) groups is 1. The predicted octanol–water partition coefficient (Wildman–Crippen LogP) is 2.09. The predicted molar refractivity (Wildman–Crippen MR) is 66.9 cm³/mol. The van der Waals surface area contributed by atoms with Crippen LogP contribution in [-0.4, -0.2) is 20.9 Å². The van der Waals surface area contributed by atoms with Gasteiger partial charge in [-0.3, -0.25) is 19.9 Å². The van der Waals surface area contributed by atoms with Crippen molar-refractivity contribution < 1.29 is 19.2 Å². The number of anilines is 1. The molecule has 0 aliphatic rings. The monoisotopic (exact) mass is 277 g/mol. The minimum atomic E-state index is -0.905. The van der Waals surface area contributed by atoms with Crippen LogP contribution in [0.3, 0.4) is 0 Å². The van der Waals surface area contributed by atoms with Crippen LogP contribution in [0.2, 0.25) is 0 Å². The van der Waals surface area contributed by atoms with Gasteiger partial charge in [-0.05, 0) is 18.2 Å². The summed E-state index contributed by atoms with van der Waals surface area (Å²) in [6.07, 6.45) is 2.15. The van der Waals surface area contributed by atoms with E-state index in [-0.39, 0.29) is 17.0 Å². The third-order valence-electron chi connectivity index (χ3n) is 2.44. The second-order valence-corrected chi connectivity index (χ2v) is 3.77. The van der Waals surface area contributed by atoms with E-state index in [0.29, 0.717) is 0 Å². The van der Waals surface area contributed by atoms with E-state index in [2.05, 4.69) is 10.3 Å². The van der Waals surface area contributed by atoms with Crippen molar-refractivity contribution in [2.45, 2.75) is 0 Å². The Morgan fingerprint density at radius 3 is 2.80 bits per heavy atom. The summed E-state index contributed by atoms with van der Waals surface area (Å²) in [5.74, 6) is -1.99. The number of aromatic nitrogens is 1. The maximum Gasteiger partial charge on any atom is 0.282 e. The van der Waals surface area contributed by atoms with Crippen LogP contribution < -0.4 is 5.32 Å². The van der Waals surface area contributed by atoms with Gasteiger partial charge in [0.1, 0.15) is 11.3 Å². The average Bonchev–Trinajstić information content (AvgIpc) is 2.40. The third kappa shape index (κ3) is 2.69. The molecule has 2 N–H and O–H groups in total. The Morgan fingerprint density at radius 1 is 1.40 bits per heavy atom. The number of aromatic hydroxyl groups is 1. The maximum absolute atomic E-state index is 13.3. The first-order chi connectivity index (χ1) is 9.49. The van der Waals surface area contributed by atoms with Crippen LogP contribution in [0, 0.1) is 15.9 Å². The molecule has 0 bridgehead atoms. The number of phenolic OH excluding ortho intramolecular Hbond substituents is 1. The molecule has 102 valence electrons. The Hall–Kier alpha value is -3.03. The Labute approximate surface area is 111 Å². The van der Waals surface area contributed by atoms with Gasteiger partial charge >= 0.3 is 0 Å². The number of hydrogen-bond donors (Lipinski definition) is 2. The minimum absolute atomic E-state index is 0.164. The molecule has 0 aliphatic heterocycles. The van der Waals surface area contributed by atoms with Crippen LogP contribution in [0.25, 0.3) is 0 Å². The molecule has 1 amide bonds. The number of nitro benzene ring substituents is 1. The number of phenols is 1. The van der Waals surface area contributed by atoms with Gasteiger partial charge < -0.3 is 10.4 Å². The van der Waals surface area contributed by atoms with Crippen LogP contribution in [0.5, 0.6) is 5.75 Å². The molecular formula is C12H8FN3O4. The average molecular weight is 277 g/mol. The van der Waals surface area contributed by atoms with E-state index in [1.807, 2.05) is 0 Å². The molecule has 0 radical (unpaired) electrons. The van der Waals surface area contributed by atoms with Crippen molar-refractivity contribution in [3.8, 4) is 5.75 Å². The van der Waals surface area contributed by atoms with Gasteiger partial charge in [-0.25, -0.2) is 4.39 Å². The number of rotatable bonds is 3. The van der Waals surface area contributed by atoms with E-state index in [9.17, 15) is 24.4 Å². The zero-order chi connectivity index (χ0) is 14.7. The van der Waals surface area contributed by atoms with Crippen molar-refractivity contribution in [3.05, 3.63) is 58.2 Å². The van der Waals surface area contributed by atoms with Gasteiger partial charge in [0.2, 0.25) is 0 Å². The van der Waals surface area contributed by atoms with Crippen molar-refractivity contribution in [1.82, 2.24) is 4.98 Å². The molecule has 2 rings (SSSR count). The van der Waals surface area contributed by atoms with Crippen LogP contribution in [0.15, 0.2) is 36.7 Å². The Balaban J connectivity index is 2.37. The number of nitrogens with one attached hydrogen (secondary N) is 1. The molecule has 1 heterocycles. The van der Waals surface area contributed by atoms with Gasteiger partial charge in [0, 0.05) is 12.3 Å². The molecule has 2 aromatic rings. The zero-order valence-corrected chi connectivity index (χ0v) is 9.91. The number of pyridine rings is 1. The molecule has 1 aromatic heterocycles. The van der Waals surface area contributed by atoms with Gasteiger partial charge in [0.15, 0.2) is 5.82 Å². The van der Waals surface area contributed by atoms with E-state index >= 15 is 0 Å². The van der Waals surface area contributed by atoms with Crippen molar-refractivity contribution in [3.63, 3.8) is 0 Å². The Kier molecular flexibility index (Phi) is 3.56. The topological polar surface area (TPSA) is 105 Å². The Bertz CT molecular complexity index is 690. The molecule has 0 saturated carbocycles. The standard InChI is InChI=1S/C12H8FN3O4/c13-9-6-14-4-3-10(9)15-12(18)8-5-7(17)1-2-11(8)16(19)20/h1-6,17H,(H,14,15,18). The van der Waals surface area contributed by atoms with Gasteiger partial charge in [0.05, 0.1) is 16.8 Å². The largest absolute Gasteiger partial charge is 0.508 e. The number of carbonyl (C=O) groups excluding carboxylic acids is 1. The highest BCUT2D eigenvalue weighted by molar-refractivity contribution is 6.07. The second-order valence-electron chi connectivity index (χ2n) is 3.77. The molecular weight excluding hydrogens is 269 g/mol. The molecule has 0 atom stereocenters. The molecule has 0 fully saturated rings. The SMILES string of the molecule is O=C(Nc1ccncc1F)c1cc(O)ccc1[N+](=O)[O-]. The van der Waals surface area contributed by atoms with Gasteiger partial charge in [-0.2, -0.15) is 0 Å². The quantitative estimate of drug-likeness (QED) is 0.660. The highest BCUT2D eigenvalue weighted by Gasteiger charge is 2.21. The first-order valence-corrected chi connectivity index (χ1v) is 5.37. The van der Waals surface area contributed by atoms with Gasteiger partial charge in [0.25, 0.3) is 11.6 Å². The minimum Gasteiger partial charge on any atom is -0.508 e. The fourth-order valence-corrected chi connectivity index (χ4v) is 1.53. The lowest BCUT2D eigenvalue weighted by Crippen LogP contribution is -2.14. The summed E-state index contributed by atoms with van der Waals surface area (Å²) in [5.41, 5.74) is -1.02. The first kappa shape index (κ1) is 13.4. The summed E-state index contributed by atoms with van der Waals surface area (Å²) in [6.45, 7) is 0. The lowest BCUT2D eigenvalue weighted by atomic mass is 10.1. The highest BCUT2D eigenvalue weighted by atomic mass is 19.1. The second kappa shape index (κ2) is 5.31. The summed E-state index contributed by atoms with van der Waals surface area (Å²) in [4.78, 5) is 25.5. The van der Waals surface area contributed by atoms with E-state index in [0.717, 1.165) is 24.4 Å². The van der Waals surface area contributed by atoms with Crippen LogP contribution in [0.1, 0.15) is 10.4 Å². The molecule has 1 aromatic carbocycles. The van der Waals surface area contributed by atoms with Crippen LogP contribution >= 0.6 is 0 Å². The summed E-state index contributed by atoms with van der Waals surface area (Å²) in [7, 11) is 0. The van der Waals surface area contributed by atoms with Crippen molar-refractivity contribution in [2.24, 2.45) is 0 Å². The number of amides is 1. The first-order valence-electron chi connectivity index (χ1n) is 5.37. The van der Waals surface area contributed by atoms with E-state index < -0.39 is 22.3 Å². The lowest BCUT2D eigenvalue weighted by Gasteiger charge is -2.06. The van der Waals surface area contributed by atoms with Gasteiger partial charge in [-0.15, -0.1) is 0 Å². The number of nitro groups is 1. The summed E-state index contributed by atoms with van der Waals surface area (Å²) < 4.78 is 13.3. The van der Waals surface area contributed by atoms with Crippen LogP contribution in [0.4, 0.5) is 15.8 Å². The highest BCUT2D eigenvalue weighted by Crippen LogP contribution is 2.24. The lowest BCUT2D eigenvalue weighted by molar-refractivity contribution is -0.385. The summed E-state index contributed by atoms with van der Waals surface area (Å²) in [6, 6.07) is 4.23. The molecule has 20 heavy (non-hydrogen) atoms. The summed E-state index contributed by atoms with van der Waals surface area (Å²) in [5, 5.41) is 22.3. The number of nitrogens with zero attached hydrogens (tertiary/aromatic N) is 2. The van der Waals surface area contributed by atoms with Crippen molar-refractivity contribution >= 4 is 17.3 Å². The Morgan fingerprint density at radius 2 is 2.15 bits per heavy atom. The van der Waals surface area contributed by atoms with E-state index in [1.165, 1.54) is 12.3 Å². The fourth-order valence-electron chi connectivity index (χ4n) is 1.53. The van der Waals surface area contributed by atoms with E-state index in [1.54, 1.807) is 0 Å². The molecule has 0 spiro atoms. The number of benzene rings is 1. The molecule has 8 heteroatoms. The fraction of sp³-hybridized carbons (Fsp3) is 0. The van der Waals surface area contributed by atoms with Crippen molar-refractivity contribution in [2.75, 3.05) is 5.32 Å². The smallest absolute Gasteiger partial charge is 0.282 e. The van der Waals surface area contributed by atoms with Crippen LogP contribution in [-0.2, 0) is 0 Å². The summed E-state index contributed by atoms with van der Waals surface area (Å²) >= 11 is 0. The zero-order valence-electron chi connectivity index (χ0n) is 9.91. The van der Waals surface area contributed by atoms with Crippen molar-refractivity contribution in [1.29, 1.82) is 0 Å². The molecule has 0 unspecified atom stereocenters. The molecule has 0 saturated heterocycles. The number of hydrogen-bond acceptors (Lipinski definition) is 5. The maximum atomic E-state index is 13.3. The van der Waals surface area contributed by atoms with Gasteiger partial charge in [-0.1, -0.05) is 0 Å². The van der Waals surface area contributed by atoms with E-state index in [4.69, 9.17) is 0 Å². The normalized spacial score (nSPS) is 10.1. The molecule has 0 aliphatic carbocycles. The third-order valence-corrected chi connectivity index (χ3v) is 2.44.